The number of anilines is 1. The van der Waals surface area contributed by atoms with Crippen LogP contribution < -0.4 is 10.1 Å². The predicted octanol–water partition coefficient (Wildman–Crippen LogP) is 7.06. The van der Waals surface area contributed by atoms with Crippen molar-refractivity contribution in [1.82, 2.24) is 14.8 Å². The number of aromatic nitrogens is 3. The van der Waals surface area contributed by atoms with Crippen LogP contribution in [0.15, 0.2) is 89.2 Å². The fourth-order valence-electron chi connectivity index (χ4n) is 4.07. The highest BCUT2D eigenvalue weighted by Gasteiger charge is 2.34. The van der Waals surface area contributed by atoms with Gasteiger partial charge in [0.2, 0.25) is 11.1 Å². The first kappa shape index (κ1) is 24.4. The van der Waals surface area contributed by atoms with Crippen molar-refractivity contribution in [3.05, 3.63) is 111 Å². The number of ether oxygens (including phenoxy) is 1. The van der Waals surface area contributed by atoms with Crippen LogP contribution in [0, 0.1) is 0 Å². The maximum absolute atomic E-state index is 13.7. The number of carbonyl (C=O) groups is 1. The number of ketones is 1. The predicted molar refractivity (Wildman–Crippen MR) is 144 cm³/mol. The Bertz CT molecular complexity index is 1430. The molecule has 3 aromatic carbocycles. The van der Waals surface area contributed by atoms with Gasteiger partial charge in [-0.3, -0.25) is 4.79 Å². The lowest BCUT2D eigenvalue weighted by atomic mass is 9.90. The van der Waals surface area contributed by atoms with Gasteiger partial charge in [0.15, 0.2) is 5.78 Å². The highest BCUT2D eigenvalue weighted by atomic mass is 35.5. The molecule has 0 bridgehead atoms. The summed E-state index contributed by atoms with van der Waals surface area (Å²) in [6.07, 6.45) is 0. The second-order valence-corrected chi connectivity index (χ2v) is 10.1. The minimum absolute atomic E-state index is 0.103. The normalized spacial score (nSPS) is 14.8. The number of nitrogens with one attached hydrogen (secondary N) is 1. The Labute approximate surface area is 223 Å². The Balaban J connectivity index is 1.52. The molecule has 0 radical (unpaired) electrons. The average molecular weight is 537 g/mol. The zero-order chi connectivity index (χ0) is 25.2. The zero-order valence-corrected chi connectivity index (χ0v) is 21.9. The lowest BCUT2D eigenvalue weighted by molar-refractivity contribution is 0.102. The van der Waals surface area contributed by atoms with Crippen molar-refractivity contribution < 1.29 is 9.53 Å². The Morgan fingerprint density at radius 1 is 1.00 bits per heavy atom. The van der Waals surface area contributed by atoms with E-state index >= 15 is 0 Å². The van der Waals surface area contributed by atoms with Crippen LogP contribution in [0.3, 0.4) is 0 Å². The van der Waals surface area contributed by atoms with E-state index in [-0.39, 0.29) is 5.78 Å². The van der Waals surface area contributed by atoms with Gasteiger partial charge in [0.25, 0.3) is 0 Å². The molecule has 1 aliphatic rings. The van der Waals surface area contributed by atoms with Crippen molar-refractivity contribution in [1.29, 1.82) is 0 Å². The molecule has 0 aliphatic carbocycles. The second-order valence-electron chi connectivity index (χ2n) is 8.25. The fourth-order valence-corrected chi connectivity index (χ4v) is 5.10. The van der Waals surface area contributed by atoms with E-state index in [2.05, 4.69) is 5.32 Å². The van der Waals surface area contributed by atoms with Crippen LogP contribution in [-0.4, -0.2) is 27.7 Å². The third-order valence-corrected chi connectivity index (χ3v) is 7.31. The molecule has 36 heavy (non-hydrogen) atoms. The van der Waals surface area contributed by atoms with Gasteiger partial charge in [-0.05, 0) is 66.6 Å². The maximum atomic E-state index is 13.7. The number of fused-ring (bicyclic) bond motifs is 1. The van der Waals surface area contributed by atoms with Crippen molar-refractivity contribution in [3.63, 3.8) is 0 Å². The standard InChI is InChI=1S/C27H22Cl2N4O2S/c1-16-23(25(34)19-5-11-21(29)12-6-19)24(18-7-13-22(35-2)14-8-18)33-26(30-16)31-27(32-33)36-15-17-3-9-20(28)10-4-17/h3-14,24H,15H2,1-2H3,(H,30,31,32)/t24-/m0/s1. The van der Waals surface area contributed by atoms with Gasteiger partial charge in [-0.25, -0.2) is 4.68 Å². The summed E-state index contributed by atoms with van der Waals surface area (Å²) in [6.45, 7) is 1.89. The molecule has 1 aliphatic heterocycles. The van der Waals surface area contributed by atoms with Crippen LogP contribution >= 0.6 is 35.0 Å². The summed E-state index contributed by atoms with van der Waals surface area (Å²) in [5, 5.41) is 9.97. The SMILES string of the molecule is COc1ccc([C@H]2C(C(=O)c3ccc(Cl)cc3)=C(C)Nc3nc(SCc4ccc(Cl)cc4)nn32)cc1. The molecule has 1 atom stereocenters. The molecular formula is C27H22Cl2N4O2S. The number of carbonyl (C=O) groups excluding carboxylic acids is 1. The maximum Gasteiger partial charge on any atom is 0.227 e. The van der Waals surface area contributed by atoms with E-state index < -0.39 is 6.04 Å². The number of rotatable bonds is 7. The summed E-state index contributed by atoms with van der Waals surface area (Å²) in [5.41, 5.74) is 3.88. The summed E-state index contributed by atoms with van der Waals surface area (Å²) in [7, 11) is 1.62. The van der Waals surface area contributed by atoms with Crippen LogP contribution in [0.4, 0.5) is 5.95 Å². The van der Waals surface area contributed by atoms with E-state index in [1.54, 1.807) is 36.1 Å². The molecule has 0 amide bonds. The highest BCUT2D eigenvalue weighted by Crippen LogP contribution is 2.38. The molecule has 2 heterocycles. The Morgan fingerprint density at radius 3 is 2.28 bits per heavy atom. The number of allylic oxidation sites excluding steroid dienone is 2. The van der Waals surface area contributed by atoms with E-state index in [4.69, 9.17) is 38.0 Å². The quantitative estimate of drug-likeness (QED) is 0.201. The summed E-state index contributed by atoms with van der Waals surface area (Å²) >= 11 is 13.6. The third-order valence-electron chi connectivity index (χ3n) is 5.90. The van der Waals surface area contributed by atoms with Gasteiger partial charge in [-0.15, -0.1) is 5.10 Å². The molecule has 0 saturated heterocycles. The van der Waals surface area contributed by atoms with Gasteiger partial charge < -0.3 is 10.1 Å². The van der Waals surface area contributed by atoms with Gasteiger partial charge in [0, 0.05) is 32.6 Å². The largest absolute Gasteiger partial charge is 0.497 e. The lowest BCUT2D eigenvalue weighted by Gasteiger charge is -2.28. The molecule has 4 aromatic rings. The zero-order valence-electron chi connectivity index (χ0n) is 19.5. The van der Waals surface area contributed by atoms with Gasteiger partial charge in [-0.1, -0.05) is 59.2 Å². The third kappa shape index (κ3) is 5.00. The first-order chi connectivity index (χ1) is 17.4. The van der Waals surface area contributed by atoms with E-state index in [0.717, 1.165) is 22.6 Å². The average Bonchev–Trinajstić information content (AvgIpc) is 3.30. The first-order valence-corrected chi connectivity index (χ1v) is 12.9. The summed E-state index contributed by atoms with van der Waals surface area (Å²) in [5.74, 6) is 1.90. The molecular weight excluding hydrogens is 515 g/mol. The van der Waals surface area contributed by atoms with E-state index in [9.17, 15) is 4.79 Å². The van der Waals surface area contributed by atoms with Crippen molar-refractivity contribution >= 4 is 46.7 Å². The molecule has 0 unspecified atom stereocenters. The molecule has 1 N–H and O–H groups in total. The number of Topliss-reactive ketones (excluding diaryl/α,β-unsaturated/α-hetero) is 1. The van der Waals surface area contributed by atoms with Crippen LogP contribution in [-0.2, 0) is 5.75 Å². The van der Waals surface area contributed by atoms with E-state index in [1.807, 2.05) is 55.5 Å². The summed E-state index contributed by atoms with van der Waals surface area (Å²) in [6, 6.07) is 21.8. The monoisotopic (exact) mass is 536 g/mol. The van der Waals surface area contributed by atoms with Crippen molar-refractivity contribution in [3.8, 4) is 5.75 Å². The molecule has 182 valence electrons. The van der Waals surface area contributed by atoms with Crippen molar-refractivity contribution in [2.24, 2.45) is 0 Å². The Morgan fingerprint density at radius 2 is 1.64 bits per heavy atom. The minimum atomic E-state index is -0.465. The van der Waals surface area contributed by atoms with Crippen molar-refractivity contribution in [2.45, 2.75) is 23.9 Å². The number of thioether (sulfide) groups is 1. The van der Waals surface area contributed by atoms with E-state index in [1.165, 1.54) is 11.8 Å². The van der Waals surface area contributed by atoms with Gasteiger partial charge in [-0.2, -0.15) is 4.98 Å². The van der Waals surface area contributed by atoms with Crippen LogP contribution in [0.5, 0.6) is 5.75 Å². The minimum Gasteiger partial charge on any atom is -0.497 e. The molecule has 0 spiro atoms. The second kappa shape index (κ2) is 10.4. The number of methoxy groups -OCH3 is 1. The molecule has 0 fully saturated rings. The Hall–Kier alpha value is -3.26. The van der Waals surface area contributed by atoms with Crippen LogP contribution in [0.25, 0.3) is 0 Å². The number of hydrogen-bond acceptors (Lipinski definition) is 6. The summed E-state index contributed by atoms with van der Waals surface area (Å²) in [4.78, 5) is 18.5. The molecule has 6 nitrogen and oxygen atoms in total. The molecule has 1 aromatic heterocycles. The summed E-state index contributed by atoms with van der Waals surface area (Å²) < 4.78 is 7.12. The topological polar surface area (TPSA) is 69.0 Å². The number of nitrogens with zero attached hydrogens (tertiary/aromatic N) is 3. The highest BCUT2D eigenvalue weighted by molar-refractivity contribution is 7.98. The number of benzene rings is 3. The number of hydrogen-bond donors (Lipinski definition) is 1. The van der Waals surface area contributed by atoms with Gasteiger partial charge in [0.1, 0.15) is 11.8 Å². The fraction of sp³-hybridized carbons (Fsp3) is 0.148. The Kier molecular flexibility index (Phi) is 7.05. The van der Waals surface area contributed by atoms with Crippen molar-refractivity contribution in [2.75, 3.05) is 12.4 Å². The number of halogens is 2. The van der Waals surface area contributed by atoms with Crippen LogP contribution in [0.2, 0.25) is 10.0 Å². The van der Waals surface area contributed by atoms with Gasteiger partial charge in [0.05, 0.1) is 7.11 Å². The molecule has 0 saturated carbocycles. The molecule has 5 rings (SSSR count). The smallest absolute Gasteiger partial charge is 0.227 e. The molecule has 9 heteroatoms. The van der Waals surface area contributed by atoms with Crippen LogP contribution in [0.1, 0.15) is 34.5 Å². The van der Waals surface area contributed by atoms with Gasteiger partial charge >= 0.3 is 0 Å². The lowest BCUT2D eigenvalue weighted by Crippen LogP contribution is -2.28. The first-order valence-electron chi connectivity index (χ1n) is 11.2. The van der Waals surface area contributed by atoms with E-state index in [0.29, 0.717) is 38.0 Å².